The topological polar surface area (TPSA) is 75.3 Å². The second-order valence-corrected chi connectivity index (χ2v) is 7.37. The Morgan fingerprint density at radius 3 is 2.68 bits per heavy atom. The third kappa shape index (κ3) is 2.84. The van der Waals surface area contributed by atoms with Gasteiger partial charge in [0.05, 0.1) is 17.0 Å². The highest BCUT2D eigenvalue weighted by Crippen LogP contribution is 2.27. The molecule has 0 aliphatic carbocycles. The molecule has 0 unspecified atom stereocenters. The molecule has 0 atom stereocenters. The van der Waals surface area contributed by atoms with E-state index in [4.69, 9.17) is 0 Å². The Morgan fingerprint density at radius 1 is 1.18 bits per heavy atom. The van der Waals surface area contributed by atoms with Gasteiger partial charge < -0.3 is 5.32 Å². The van der Waals surface area contributed by atoms with Gasteiger partial charge in [0, 0.05) is 10.2 Å². The van der Waals surface area contributed by atoms with E-state index in [1.165, 1.54) is 36.4 Å². The molecule has 8 heteroatoms. The Labute approximate surface area is 134 Å². The molecule has 0 fully saturated rings. The molecule has 1 heterocycles. The summed E-state index contributed by atoms with van der Waals surface area (Å²) >= 11 is 3.10. The van der Waals surface area contributed by atoms with Gasteiger partial charge in [-0.05, 0) is 42.0 Å². The van der Waals surface area contributed by atoms with Crippen LogP contribution in [0.3, 0.4) is 0 Å². The zero-order valence-corrected chi connectivity index (χ0v) is 13.5. The van der Waals surface area contributed by atoms with Crippen molar-refractivity contribution < 1.29 is 17.6 Å². The number of nitrogens with one attached hydrogen (secondary N) is 2. The first-order valence-corrected chi connectivity index (χ1v) is 8.53. The van der Waals surface area contributed by atoms with E-state index in [9.17, 15) is 17.6 Å². The smallest absolute Gasteiger partial charge is 0.261 e. The molecule has 2 aromatic carbocycles. The Kier molecular flexibility index (Phi) is 3.65. The summed E-state index contributed by atoms with van der Waals surface area (Å²) in [4.78, 5) is 11.3. The average molecular weight is 385 g/mol. The van der Waals surface area contributed by atoms with Gasteiger partial charge in [-0.1, -0.05) is 15.9 Å². The molecule has 2 aromatic rings. The quantitative estimate of drug-likeness (QED) is 0.853. The second kappa shape index (κ2) is 5.36. The molecule has 0 saturated carbocycles. The predicted molar refractivity (Wildman–Crippen MR) is 83.7 cm³/mol. The van der Waals surface area contributed by atoms with Crippen molar-refractivity contribution in [2.24, 2.45) is 0 Å². The standard InChI is InChI=1S/C14H10BrFN2O3S/c15-9-1-3-13(11(16)7-9)18-22(20,21)10-2-4-12-8(5-10)6-14(19)17-12/h1-5,7,18H,6H2,(H,17,19). The summed E-state index contributed by atoms with van der Waals surface area (Å²) in [5, 5.41) is 2.62. The van der Waals surface area contributed by atoms with Crippen molar-refractivity contribution in [3.63, 3.8) is 0 Å². The van der Waals surface area contributed by atoms with E-state index in [0.717, 1.165) is 0 Å². The highest BCUT2D eigenvalue weighted by Gasteiger charge is 2.22. The van der Waals surface area contributed by atoms with Crippen molar-refractivity contribution in [3.8, 4) is 0 Å². The minimum Gasteiger partial charge on any atom is -0.326 e. The van der Waals surface area contributed by atoms with Gasteiger partial charge in [0.25, 0.3) is 10.0 Å². The van der Waals surface area contributed by atoms with E-state index in [1.54, 1.807) is 0 Å². The zero-order chi connectivity index (χ0) is 15.9. The van der Waals surface area contributed by atoms with E-state index in [2.05, 4.69) is 26.0 Å². The van der Waals surface area contributed by atoms with Gasteiger partial charge in [-0.2, -0.15) is 0 Å². The zero-order valence-electron chi connectivity index (χ0n) is 11.1. The lowest BCUT2D eigenvalue weighted by Gasteiger charge is -2.10. The lowest BCUT2D eigenvalue weighted by molar-refractivity contribution is -0.115. The number of sulfonamides is 1. The minimum atomic E-state index is -3.93. The van der Waals surface area contributed by atoms with E-state index < -0.39 is 15.8 Å². The molecule has 0 spiro atoms. The van der Waals surface area contributed by atoms with Crippen molar-refractivity contribution in [1.29, 1.82) is 0 Å². The van der Waals surface area contributed by atoms with Gasteiger partial charge in [0.2, 0.25) is 5.91 Å². The number of anilines is 2. The maximum absolute atomic E-state index is 13.8. The number of fused-ring (bicyclic) bond motifs is 1. The van der Waals surface area contributed by atoms with E-state index in [1.807, 2.05) is 0 Å². The first-order chi connectivity index (χ1) is 10.3. The van der Waals surface area contributed by atoms with Crippen LogP contribution >= 0.6 is 15.9 Å². The summed E-state index contributed by atoms with van der Waals surface area (Å²) in [5.74, 6) is -0.868. The Morgan fingerprint density at radius 2 is 1.95 bits per heavy atom. The number of hydrogen-bond donors (Lipinski definition) is 2. The number of benzene rings is 2. The molecule has 22 heavy (non-hydrogen) atoms. The van der Waals surface area contributed by atoms with E-state index >= 15 is 0 Å². The van der Waals surface area contributed by atoms with Gasteiger partial charge in [0.1, 0.15) is 5.82 Å². The lowest BCUT2D eigenvalue weighted by Crippen LogP contribution is -2.14. The molecule has 1 amide bonds. The predicted octanol–water partition coefficient (Wildman–Crippen LogP) is 2.88. The summed E-state index contributed by atoms with van der Waals surface area (Å²) in [7, 11) is -3.93. The summed E-state index contributed by atoms with van der Waals surface area (Å²) in [6.07, 6.45) is 0.130. The molecule has 1 aliphatic rings. The van der Waals surface area contributed by atoms with Crippen LogP contribution in [-0.2, 0) is 21.2 Å². The number of halogens is 2. The van der Waals surface area contributed by atoms with Crippen LogP contribution in [-0.4, -0.2) is 14.3 Å². The van der Waals surface area contributed by atoms with Crippen LogP contribution < -0.4 is 10.0 Å². The van der Waals surface area contributed by atoms with Gasteiger partial charge in [-0.15, -0.1) is 0 Å². The highest BCUT2D eigenvalue weighted by atomic mass is 79.9. The van der Waals surface area contributed by atoms with Crippen LogP contribution in [0.2, 0.25) is 0 Å². The molecule has 3 rings (SSSR count). The maximum atomic E-state index is 13.8. The number of carbonyl (C=O) groups excluding carboxylic acids is 1. The van der Waals surface area contributed by atoms with Crippen LogP contribution in [0.1, 0.15) is 5.56 Å². The van der Waals surface area contributed by atoms with Crippen LogP contribution in [0.5, 0.6) is 0 Å². The Hall–Kier alpha value is -1.93. The van der Waals surface area contributed by atoms with Gasteiger partial charge in [-0.25, -0.2) is 12.8 Å². The fourth-order valence-electron chi connectivity index (χ4n) is 2.15. The van der Waals surface area contributed by atoms with Crippen LogP contribution in [0.15, 0.2) is 45.8 Å². The summed E-state index contributed by atoms with van der Waals surface area (Å²) in [6.45, 7) is 0. The molecular weight excluding hydrogens is 375 g/mol. The first-order valence-electron chi connectivity index (χ1n) is 6.26. The van der Waals surface area contributed by atoms with Crippen molar-refractivity contribution >= 4 is 43.2 Å². The molecule has 114 valence electrons. The fourth-order valence-corrected chi connectivity index (χ4v) is 3.60. The number of amides is 1. The number of rotatable bonds is 3. The number of hydrogen-bond acceptors (Lipinski definition) is 3. The Balaban J connectivity index is 1.94. The SMILES string of the molecule is O=C1Cc2cc(S(=O)(=O)Nc3ccc(Br)cc3F)ccc2N1. The van der Waals surface area contributed by atoms with Crippen molar-refractivity contribution in [2.75, 3.05) is 10.0 Å². The molecule has 2 N–H and O–H groups in total. The first kappa shape index (κ1) is 15.0. The van der Waals surface area contributed by atoms with Crippen LogP contribution in [0, 0.1) is 5.82 Å². The number of carbonyl (C=O) groups is 1. The average Bonchev–Trinajstić information content (AvgIpc) is 2.81. The molecular formula is C14H10BrFN2O3S. The van der Waals surface area contributed by atoms with Crippen LogP contribution in [0.4, 0.5) is 15.8 Å². The van der Waals surface area contributed by atoms with E-state index in [-0.39, 0.29) is 22.9 Å². The third-order valence-electron chi connectivity index (χ3n) is 3.19. The molecule has 5 nitrogen and oxygen atoms in total. The summed E-state index contributed by atoms with van der Waals surface area (Å²) in [5.41, 5.74) is 1.06. The lowest BCUT2D eigenvalue weighted by atomic mass is 10.2. The van der Waals surface area contributed by atoms with Gasteiger partial charge >= 0.3 is 0 Å². The van der Waals surface area contributed by atoms with Crippen molar-refractivity contribution in [1.82, 2.24) is 0 Å². The normalized spacial score (nSPS) is 13.6. The molecule has 0 bridgehead atoms. The molecule has 0 aromatic heterocycles. The van der Waals surface area contributed by atoms with E-state index in [0.29, 0.717) is 15.7 Å². The summed E-state index contributed by atoms with van der Waals surface area (Å²) < 4.78 is 41.1. The monoisotopic (exact) mass is 384 g/mol. The third-order valence-corrected chi connectivity index (χ3v) is 5.04. The van der Waals surface area contributed by atoms with Gasteiger partial charge in [-0.3, -0.25) is 9.52 Å². The minimum absolute atomic E-state index is 0.0231. The molecule has 1 aliphatic heterocycles. The Bertz CT molecular complexity index is 884. The van der Waals surface area contributed by atoms with Gasteiger partial charge in [0.15, 0.2) is 0 Å². The fraction of sp³-hybridized carbons (Fsp3) is 0.0714. The molecule has 0 saturated heterocycles. The second-order valence-electron chi connectivity index (χ2n) is 4.77. The van der Waals surface area contributed by atoms with Crippen molar-refractivity contribution in [3.05, 3.63) is 52.3 Å². The summed E-state index contributed by atoms with van der Waals surface area (Å²) in [6, 6.07) is 8.33. The molecule has 0 radical (unpaired) electrons. The van der Waals surface area contributed by atoms with Crippen LogP contribution in [0.25, 0.3) is 0 Å². The maximum Gasteiger partial charge on any atom is 0.261 e. The highest BCUT2D eigenvalue weighted by molar-refractivity contribution is 9.10. The van der Waals surface area contributed by atoms with Crippen molar-refractivity contribution in [2.45, 2.75) is 11.3 Å². The largest absolute Gasteiger partial charge is 0.326 e.